The number of aliphatic hydroxyl groups excluding tert-OH is 4. The van der Waals surface area contributed by atoms with Crippen molar-refractivity contribution in [2.24, 2.45) is 0 Å². The topological polar surface area (TPSA) is 229 Å². The molecule has 9 atom stereocenters. The Morgan fingerprint density at radius 3 is 1.85 bits per heavy atom. The molecular formula is C22H27N5O11S. The van der Waals surface area contributed by atoms with Gasteiger partial charge in [-0.1, -0.05) is 0 Å². The van der Waals surface area contributed by atoms with Crippen molar-refractivity contribution in [3.05, 3.63) is 65.2 Å². The zero-order chi connectivity index (χ0) is 28.3. The first-order chi connectivity index (χ1) is 18.4. The van der Waals surface area contributed by atoms with E-state index in [2.05, 4.69) is 9.97 Å². The highest BCUT2D eigenvalue weighted by Crippen LogP contribution is 2.40. The molecule has 3 saturated heterocycles. The van der Waals surface area contributed by atoms with Gasteiger partial charge >= 0.3 is 11.4 Å². The van der Waals surface area contributed by atoms with Gasteiger partial charge in [-0.3, -0.25) is 33.5 Å². The Morgan fingerprint density at radius 1 is 0.795 bits per heavy atom. The van der Waals surface area contributed by atoms with Gasteiger partial charge in [0, 0.05) is 29.9 Å². The third-order valence-corrected chi connectivity index (χ3v) is 8.31. The number of aromatic nitrogens is 4. The van der Waals surface area contributed by atoms with Gasteiger partial charge in [0.25, 0.3) is 11.1 Å². The summed E-state index contributed by atoms with van der Waals surface area (Å²) in [6, 6.07) is 0. The molecular weight excluding hydrogens is 542 g/mol. The molecule has 16 nitrogen and oxygen atoms in total. The van der Waals surface area contributed by atoms with Crippen LogP contribution in [0.5, 0.6) is 0 Å². The Balaban J connectivity index is 1.37. The molecule has 0 aromatic carbocycles. The molecule has 39 heavy (non-hydrogen) atoms. The summed E-state index contributed by atoms with van der Waals surface area (Å²) in [5.74, 6) is -0.479. The minimum absolute atomic E-state index is 0.0247. The Bertz CT molecular complexity index is 1520. The maximum atomic E-state index is 12.8. The summed E-state index contributed by atoms with van der Waals surface area (Å²) in [7, 11) is 0. The number of H-pyrrole nitrogens is 2. The maximum Gasteiger partial charge on any atom is 0.330 e. The minimum Gasteiger partial charge on any atom is -0.388 e. The van der Waals surface area contributed by atoms with E-state index in [1.807, 2.05) is 0 Å². The molecule has 0 saturated carbocycles. The second kappa shape index (κ2) is 10.2. The van der Waals surface area contributed by atoms with Crippen LogP contribution in [-0.2, 0) is 14.3 Å². The number of aliphatic hydroxyl groups is 4. The summed E-state index contributed by atoms with van der Waals surface area (Å²) >= 11 is 1.15. The van der Waals surface area contributed by atoms with Crippen molar-refractivity contribution in [2.75, 3.05) is 5.75 Å². The molecule has 2 aromatic heterocycles. The number of hydrogen-bond acceptors (Lipinski definition) is 12. The van der Waals surface area contributed by atoms with Gasteiger partial charge in [0.15, 0.2) is 18.7 Å². The van der Waals surface area contributed by atoms with Crippen LogP contribution in [0.2, 0.25) is 0 Å². The van der Waals surface area contributed by atoms with Crippen molar-refractivity contribution < 1.29 is 34.7 Å². The smallest absolute Gasteiger partial charge is 0.330 e. The predicted octanol–water partition coefficient (Wildman–Crippen LogP) is -3.81. The van der Waals surface area contributed by atoms with E-state index < -0.39 is 83.0 Å². The number of amides is 1. The summed E-state index contributed by atoms with van der Waals surface area (Å²) in [5, 5.41) is 42.0. The van der Waals surface area contributed by atoms with Crippen LogP contribution in [0.3, 0.4) is 0 Å². The third kappa shape index (κ3) is 4.69. The highest BCUT2D eigenvalue weighted by atomic mass is 32.2. The number of carbonyl (C=O) groups excluding carboxylic acids is 1. The lowest BCUT2D eigenvalue weighted by atomic mass is 10.1. The van der Waals surface area contributed by atoms with Gasteiger partial charge < -0.3 is 34.8 Å². The summed E-state index contributed by atoms with van der Waals surface area (Å²) in [6.07, 6.45) is -9.15. The van der Waals surface area contributed by atoms with E-state index in [9.17, 15) is 44.4 Å². The molecule has 6 N–H and O–H groups in total. The number of aromatic amines is 2. The van der Waals surface area contributed by atoms with Crippen LogP contribution < -0.4 is 22.5 Å². The molecule has 5 heterocycles. The summed E-state index contributed by atoms with van der Waals surface area (Å²) in [4.78, 5) is 66.3. The molecule has 212 valence electrons. The maximum absolute atomic E-state index is 12.8. The Hall–Kier alpha value is -3.06. The number of thioether (sulfide) groups is 1. The Kier molecular flexibility index (Phi) is 7.17. The lowest BCUT2D eigenvalue weighted by Crippen LogP contribution is -2.49. The number of ether oxygens (including phenoxy) is 2. The molecule has 2 aromatic rings. The zero-order valence-electron chi connectivity index (χ0n) is 20.7. The van der Waals surface area contributed by atoms with Crippen molar-refractivity contribution in [3.8, 4) is 0 Å². The van der Waals surface area contributed by atoms with Gasteiger partial charge in [0.05, 0.1) is 17.2 Å². The van der Waals surface area contributed by atoms with E-state index in [1.54, 1.807) is 0 Å². The monoisotopic (exact) mass is 569 g/mol. The lowest BCUT2D eigenvalue weighted by molar-refractivity contribution is -0.154. The van der Waals surface area contributed by atoms with Crippen LogP contribution in [0.15, 0.2) is 31.6 Å². The van der Waals surface area contributed by atoms with Crippen LogP contribution in [-0.4, -0.2) is 98.2 Å². The van der Waals surface area contributed by atoms with Crippen molar-refractivity contribution >= 4 is 17.7 Å². The van der Waals surface area contributed by atoms with Crippen molar-refractivity contribution in [2.45, 2.75) is 74.8 Å². The number of nitrogens with zero attached hydrogens (tertiary/aromatic N) is 3. The van der Waals surface area contributed by atoms with Gasteiger partial charge in [-0.2, -0.15) is 0 Å². The van der Waals surface area contributed by atoms with E-state index in [0.717, 1.165) is 20.9 Å². The first kappa shape index (κ1) is 27.5. The van der Waals surface area contributed by atoms with E-state index in [-0.39, 0.29) is 23.3 Å². The normalized spacial score (nSPS) is 34.8. The average molecular weight is 570 g/mol. The molecule has 3 aliphatic heterocycles. The van der Waals surface area contributed by atoms with Crippen LogP contribution >= 0.6 is 11.8 Å². The van der Waals surface area contributed by atoms with Crippen LogP contribution in [0.1, 0.15) is 30.0 Å². The Labute approximate surface area is 222 Å². The summed E-state index contributed by atoms with van der Waals surface area (Å²) in [5.41, 5.74) is -2.61. The molecule has 3 aliphatic rings. The predicted molar refractivity (Wildman–Crippen MR) is 132 cm³/mol. The van der Waals surface area contributed by atoms with Gasteiger partial charge in [0.1, 0.15) is 24.4 Å². The lowest BCUT2D eigenvalue weighted by Gasteiger charge is -2.32. The Morgan fingerprint density at radius 2 is 1.28 bits per heavy atom. The first-order valence-electron chi connectivity index (χ1n) is 12.0. The quantitative estimate of drug-likeness (QED) is 0.204. The van der Waals surface area contributed by atoms with Gasteiger partial charge in [-0.05, 0) is 13.8 Å². The molecule has 0 aliphatic carbocycles. The summed E-state index contributed by atoms with van der Waals surface area (Å²) in [6.45, 7) is 2.90. The molecule has 0 radical (unpaired) electrons. The highest BCUT2D eigenvalue weighted by Gasteiger charge is 2.53. The standard InChI is InChI=1S/C22H27N5O11S/c1-7-4-25(21(35)23-16(7)33)18-13(30)12(29)9(37-18)3-11-27(10(28)6-39-11)20-15(32)14(31)19(38-20)26-5-8(2)17(34)24-22(26)36/h4-5,9,11-15,18-20,29-32H,3,6H2,1-2H3,(H,23,33,35)(H,24,34,36)/t9-,11-,12-,13-,14-,15+,18-,19-,20+/m1/s1. The van der Waals surface area contributed by atoms with E-state index in [4.69, 9.17) is 9.47 Å². The second-order valence-electron chi connectivity index (χ2n) is 9.70. The average Bonchev–Trinajstić information content (AvgIpc) is 3.48. The van der Waals surface area contributed by atoms with Gasteiger partial charge in [-0.25, -0.2) is 9.59 Å². The van der Waals surface area contributed by atoms with Crippen molar-refractivity contribution in [1.29, 1.82) is 0 Å². The third-order valence-electron chi connectivity index (χ3n) is 7.10. The number of aryl methyl sites for hydroxylation is 2. The van der Waals surface area contributed by atoms with Crippen molar-refractivity contribution in [3.63, 3.8) is 0 Å². The number of hydrogen-bond donors (Lipinski definition) is 6. The van der Waals surface area contributed by atoms with Gasteiger partial charge in [0.2, 0.25) is 5.91 Å². The molecule has 17 heteroatoms. The zero-order valence-corrected chi connectivity index (χ0v) is 21.5. The van der Waals surface area contributed by atoms with Gasteiger partial charge in [-0.15, -0.1) is 11.8 Å². The first-order valence-corrected chi connectivity index (χ1v) is 13.0. The summed E-state index contributed by atoms with van der Waals surface area (Å²) < 4.78 is 13.4. The fourth-order valence-corrected chi connectivity index (χ4v) is 6.18. The van der Waals surface area contributed by atoms with E-state index in [1.165, 1.54) is 31.1 Å². The molecule has 0 unspecified atom stereocenters. The number of carbonyl (C=O) groups is 1. The largest absolute Gasteiger partial charge is 0.388 e. The van der Waals surface area contributed by atoms with Crippen LogP contribution in [0.25, 0.3) is 0 Å². The SMILES string of the molecule is Cc1cn([C@@H]2O[C@H](C[C@H]3SCC(=O)N3[C@H]3O[C@@H](n4cc(C)c(=O)[nH]c4=O)[C@H](O)[C@@H]3O)[C@@H](O)[C@H]2O)c(=O)[nH]c1=O. The van der Waals surface area contributed by atoms with E-state index >= 15 is 0 Å². The fourth-order valence-electron chi connectivity index (χ4n) is 4.97. The molecule has 3 fully saturated rings. The molecule has 0 bridgehead atoms. The van der Waals surface area contributed by atoms with Crippen LogP contribution in [0.4, 0.5) is 0 Å². The van der Waals surface area contributed by atoms with E-state index in [0.29, 0.717) is 0 Å². The number of rotatable bonds is 5. The highest BCUT2D eigenvalue weighted by molar-refractivity contribution is 8.01. The minimum atomic E-state index is -1.63. The number of nitrogens with one attached hydrogen (secondary N) is 2. The van der Waals surface area contributed by atoms with Crippen LogP contribution in [0, 0.1) is 13.8 Å². The van der Waals surface area contributed by atoms with Crippen molar-refractivity contribution in [1.82, 2.24) is 24.0 Å². The molecule has 0 spiro atoms. The molecule has 1 amide bonds. The second-order valence-corrected chi connectivity index (χ2v) is 10.9. The molecule has 5 rings (SSSR count). The fraction of sp³-hybridized carbons (Fsp3) is 0.591.